The SMILES string of the molecule is Cc1ccc(C(=N)[N-][OH+][C-](O)COc2ccc(Br)cc2)cc1. The van der Waals surface area contributed by atoms with Crippen molar-refractivity contribution < 1.29 is 14.7 Å². The van der Waals surface area contributed by atoms with Crippen LogP contribution in [0.15, 0.2) is 53.0 Å². The number of benzene rings is 2. The predicted molar refractivity (Wildman–Crippen MR) is 88.0 cm³/mol. The van der Waals surface area contributed by atoms with E-state index in [1.54, 1.807) is 24.3 Å². The molecule has 22 heavy (non-hydrogen) atoms. The van der Waals surface area contributed by atoms with Crippen molar-refractivity contribution in [3.05, 3.63) is 75.9 Å². The molecule has 0 aromatic heterocycles. The number of nitrogens with one attached hydrogen (secondary N) is 1. The summed E-state index contributed by atoms with van der Waals surface area (Å²) in [4.78, 5) is 3.59. The van der Waals surface area contributed by atoms with Gasteiger partial charge in [0.25, 0.3) is 0 Å². The van der Waals surface area contributed by atoms with Crippen LogP contribution < -0.4 is 4.74 Å². The van der Waals surface area contributed by atoms with Crippen LogP contribution in [0.4, 0.5) is 0 Å². The molecule has 2 aromatic carbocycles. The summed E-state index contributed by atoms with van der Waals surface area (Å²) in [5.74, 6) is 0.591. The number of amidine groups is 1. The van der Waals surface area contributed by atoms with Crippen molar-refractivity contribution in [2.75, 3.05) is 6.61 Å². The summed E-state index contributed by atoms with van der Waals surface area (Å²) in [6, 6.07) is 14.5. The highest BCUT2D eigenvalue weighted by Gasteiger charge is 2.01. The third-order valence-electron chi connectivity index (χ3n) is 2.77. The number of halogens is 1. The third kappa shape index (κ3) is 5.14. The van der Waals surface area contributed by atoms with E-state index in [1.165, 1.54) is 0 Å². The highest BCUT2D eigenvalue weighted by molar-refractivity contribution is 9.10. The third-order valence-corrected chi connectivity index (χ3v) is 3.30. The Bertz CT molecular complexity index is 614. The minimum absolute atomic E-state index is 0.0183. The summed E-state index contributed by atoms with van der Waals surface area (Å²) in [5.41, 5.74) is 5.42. The van der Waals surface area contributed by atoms with E-state index >= 15 is 0 Å². The van der Waals surface area contributed by atoms with Crippen molar-refractivity contribution in [3.8, 4) is 5.75 Å². The number of hydrogen-bond acceptors (Lipinski definition) is 3. The normalized spacial score (nSPS) is 10.5. The van der Waals surface area contributed by atoms with Crippen LogP contribution in [0.3, 0.4) is 0 Å². The topological polar surface area (TPSA) is 80.2 Å². The molecule has 0 aliphatic rings. The molecule has 0 saturated carbocycles. The highest BCUT2D eigenvalue weighted by atomic mass is 79.9. The Balaban J connectivity index is 1.75. The fraction of sp³-hybridized carbons (Fsp3) is 0.125. The number of hydrogen-bond donors (Lipinski definition) is 2. The first-order chi connectivity index (χ1) is 10.5. The summed E-state index contributed by atoms with van der Waals surface area (Å²) in [6.45, 7) is 1.86. The second-order valence-corrected chi connectivity index (χ2v) is 5.49. The molecule has 6 heteroatoms. The van der Waals surface area contributed by atoms with Gasteiger partial charge in [0.05, 0.1) is 6.61 Å². The van der Waals surface area contributed by atoms with Gasteiger partial charge in [-0.15, -0.1) is 0 Å². The summed E-state index contributed by atoms with van der Waals surface area (Å²) < 4.78 is 6.29. The molecule has 0 radical (unpaired) electrons. The van der Waals surface area contributed by atoms with Gasteiger partial charge in [-0.2, -0.15) is 0 Å². The Morgan fingerprint density at radius 1 is 1.23 bits per heavy atom. The fourth-order valence-corrected chi connectivity index (χ4v) is 1.85. The number of hydroxylamine groups is 1. The number of aryl methyl sites for hydroxylation is 1. The van der Waals surface area contributed by atoms with E-state index in [0.29, 0.717) is 11.3 Å². The van der Waals surface area contributed by atoms with Gasteiger partial charge in [-0.25, -0.2) is 5.48 Å². The molecule has 2 rings (SSSR count). The number of aliphatic hydroxyl groups is 2. The summed E-state index contributed by atoms with van der Waals surface area (Å²) in [5, 5.41) is 17.4. The van der Waals surface area contributed by atoms with Crippen LogP contribution in [0, 0.1) is 18.6 Å². The lowest BCUT2D eigenvalue weighted by atomic mass is 10.1. The van der Waals surface area contributed by atoms with E-state index in [-0.39, 0.29) is 18.7 Å². The summed E-state index contributed by atoms with van der Waals surface area (Å²) in [6.07, 6.45) is -0.292. The molecule has 3 N–H and O–H groups in total. The molecule has 0 spiro atoms. The van der Waals surface area contributed by atoms with Gasteiger partial charge in [-0.1, -0.05) is 45.8 Å². The maximum atomic E-state index is 9.63. The Kier molecular flexibility index (Phi) is 5.94. The maximum Gasteiger partial charge on any atom is 0.136 e. The van der Waals surface area contributed by atoms with Crippen molar-refractivity contribution in [1.82, 2.24) is 0 Å². The molecule has 0 fully saturated rings. The lowest BCUT2D eigenvalue weighted by Crippen LogP contribution is -2.16. The molecule has 116 valence electrons. The standard InChI is InChI=1S/C16H16BrN2O3/c1-11-2-4-12(5-3-11)16(18)19-22-15(20)10-21-14-8-6-13(17)7-9-14/h2-9,20,22H,10H2,1H3,(H-,18,19)/q-1. The molecule has 5 nitrogen and oxygen atoms in total. The van der Waals surface area contributed by atoms with Gasteiger partial charge in [0.15, 0.2) is 0 Å². The van der Waals surface area contributed by atoms with Crippen LogP contribution in [-0.2, 0) is 0 Å². The van der Waals surface area contributed by atoms with E-state index in [0.717, 1.165) is 10.0 Å². The van der Waals surface area contributed by atoms with E-state index in [1.807, 2.05) is 31.2 Å². The quantitative estimate of drug-likeness (QED) is 0.263. The lowest BCUT2D eigenvalue weighted by Gasteiger charge is -2.23. The first-order valence-corrected chi connectivity index (χ1v) is 7.34. The van der Waals surface area contributed by atoms with Crippen LogP contribution in [-0.4, -0.2) is 22.4 Å². The molecule has 0 unspecified atom stereocenters. The summed E-state index contributed by atoms with van der Waals surface area (Å²) in [7, 11) is 0. The second-order valence-electron chi connectivity index (χ2n) is 4.57. The van der Waals surface area contributed by atoms with Crippen LogP contribution in [0.1, 0.15) is 11.1 Å². The Hall–Kier alpha value is -1.89. The molecule has 0 aliphatic heterocycles. The first kappa shape index (κ1) is 16.5. The molecule has 0 saturated heterocycles. The number of rotatable bonds is 6. The lowest BCUT2D eigenvalue weighted by molar-refractivity contribution is -0.0829. The maximum absolute atomic E-state index is 9.63. The zero-order valence-electron chi connectivity index (χ0n) is 12.0. The van der Waals surface area contributed by atoms with Crippen LogP contribution in [0.25, 0.3) is 5.48 Å². The smallest absolute Gasteiger partial charge is 0.136 e. The van der Waals surface area contributed by atoms with E-state index in [2.05, 4.69) is 26.2 Å². The fourth-order valence-electron chi connectivity index (χ4n) is 1.58. The van der Waals surface area contributed by atoms with Gasteiger partial charge in [0, 0.05) is 10.3 Å². The minimum atomic E-state index is -0.292. The van der Waals surface area contributed by atoms with Crippen molar-refractivity contribution in [3.63, 3.8) is 0 Å². The van der Waals surface area contributed by atoms with Crippen molar-refractivity contribution >= 4 is 21.8 Å². The highest BCUT2D eigenvalue weighted by Crippen LogP contribution is 2.17. The van der Waals surface area contributed by atoms with Crippen molar-refractivity contribution in [1.29, 1.82) is 5.41 Å². The van der Waals surface area contributed by atoms with Gasteiger partial charge in [0.2, 0.25) is 0 Å². The average molecular weight is 364 g/mol. The van der Waals surface area contributed by atoms with E-state index < -0.39 is 0 Å². The second kappa shape index (κ2) is 7.93. The molecule has 0 bridgehead atoms. The van der Waals surface area contributed by atoms with Gasteiger partial charge in [-0.05, 0) is 36.8 Å². The van der Waals surface area contributed by atoms with Gasteiger partial charge in [-0.3, -0.25) is 0 Å². The zero-order chi connectivity index (χ0) is 15.9. The molecule has 0 atom stereocenters. The van der Waals surface area contributed by atoms with Crippen LogP contribution in [0.2, 0.25) is 0 Å². The monoisotopic (exact) mass is 363 g/mol. The molecule has 0 aliphatic carbocycles. The molecule has 0 heterocycles. The Morgan fingerprint density at radius 3 is 2.50 bits per heavy atom. The van der Waals surface area contributed by atoms with Gasteiger partial charge >= 0.3 is 0 Å². The van der Waals surface area contributed by atoms with E-state index in [9.17, 15) is 5.11 Å². The van der Waals surface area contributed by atoms with E-state index in [4.69, 9.17) is 10.1 Å². The summed E-state index contributed by atoms with van der Waals surface area (Å²) >= 11 is 3.33. The molecule has 0 amide bonds. The molecular weight excluding hydrogens is 348 g/mol. The van der Waals surface area contributed by atoms with Gasteiger partial charge in [0.1, 0.15) is 12.0 Å². The number of ether oxygens (including phenoxy) is 1. The zero-order valence-corrected chi connectivity index (χ0v) is 13.5. The van der Waals surface area contributed by atoms with Crippen molar-refractivity contribution in [2.45, 2.75) is 6.92 Å². The molecular formula is C16H16BrN2O3-. The number of aliphatic hydroxyl groups excluding tert-OH is 1. The largest absolute Gasteiger partial charge is 0.515 e. The number of nitrogens with zero attached hydrogens (tertiary/aromatic N) is 1. The van der Waals surface area contributed by atoms with Crippen molar-refractivity contribution in [2.24, 2.45) is 0 Å². The Labute approximate surface area is 137 Å². The van der Waals surface area contributed by atoms with Crippen LogP contribution >= 0.6 is 15.9 Å². The van der Waals surface area contributed by atoms with Crippen LogP contribution in [0.5, 0.6) is 5.75 Å². The Morgan fingerprint density at radius 2 is 1.86 bits per heavy atom. The first-order valence-electron chi connectivity index (χ1n) is 6.55. The minimum Gasteiger partial charge on any atom is -0.515 e. The average Bonchev–Trinajstić information content (AvgIpc) is 2.52. The molecule has 2 aromatic rings. The van der Waals surface area contributed by atoms with Gasteiger partial charge < -0.3 is 20.1 Å². The predicted octanol–water partition coefficient (Wildman–Crippen LogP) is 4.32.